The summed E-state index contributed by atoms with van der Waals surface area (Å²) in [6.45, 7) is 0.174. The number of fused-ring (bicyclic) bond motifs is 1. The van der Waals surface area contributed by atoms with Crippen molar-refractivity contribution in [1.29, 1.82) is 0 Å². The lowest BCUT2D eigenvalue weighted by molar-refractivity contribution is 0.101. The van der Waals surface area contributed by atoms with Crippen LogP contribution in [-0.4, -0.2) is 43.6 Å². The van der Waals surface area contributed by atoms with Gasteiger partial charge in [-0.05, 0) is 35.0 Å². The number of likely N-dealkylation sites (N-methyl/N-ethyl adjacent to an activating group) is 1. The second-order valence-electron chi connectivity index (χ2n) is 4.61. The lowest BCUT2D eigenvalue weighted by Crippen LogP contribution is -2.31. The lowest BCUT2D eigenvalue weighted by Gasteiger charge is -2.22. The number of aliphatic hydroxyl groups excluding tert-OH is 2. The first-order valence-electron chi connectivity index (χ1n) is 6.22. The molecule has 102 valence electrons. The van der Waals surface area contributed by atoms with Gasteiger partial charge < -0.3 is 19.8 Å². The van der Waals surface area contributed by atoms with Crippen molar-refractivity contribution in [2.75, 3.05) is 32.2 Å². The molecule has 0 saturated heterocycles. The summed E-state index contributed by atoms with van der Waals surface area (Å²) < 4.78 is 5.20. The van der Waals surface area contributed by atoms with Crippen LogP contribution in [0.1, 0.15) is 0 Å². The van der Waals surface area contributed by atoms with Crippen LogP contribution in [0, 0.1) is 0 Å². The van der Waals surface area contributed by atoms with Crippen molar-refractivity contribution < 1.29 is 14.9 Å². The van der Waals surface area contributed by atoms with Crippen LogP contribution < -0.4 is 9.64 Å². The summed E-state index contributed by atoms with van der Waals surface area (Å²) in [5.41, 5.74) is 1.00. The highest BCUT2D eigenvalue weighted by atomic mass is 16.5. The van der Waals surface area contributed by atoms with Gasteiger partial charge in [0.15, 0.2) is 0 Å². The van der Waals surface area contributed by atoms with E-state index in [4.69, 9.17) is 9.84 Å². The number of anilines is 1. The largest absolute Gasteiger partial charge is 0.497 e. The van der Waals surface area contributed by atoms with E-state index < -0.39 is 6.10 Å². The van der Waals surface area contributed by atoms with Gasteiger partial charge in [0.05, 0.1) is 19.8 Å². The Morgan fingerprint density at radius 1 is 1.16 bits per heavy atom. The molecule has 0 aromatic heterocycles. The number of rotatable bonds is 5. The zero-order valence-corrected chi connectivity index (χ0v) is 11.2. The van der Waals surface area contributed by atoms with Crippen LogP contribution >= 0.6 is 0 Å². The normalized spacial score (nSPS) is 12.4. The SMILES string of the molecule is COc1ccc2cc(N(C)CC(O)CO)ccc2c1. The van der Waals surface area contributed by atoms with Crippen molar-refractivity contribution in [3.63, 3.8) is 0 Å². The molecule has 1 atom stereocenters. The summed E-state index contributed by atoms with van der Waals surface area (Å²) in [6.07, 6.45) is -0.725. The van der Waals surface area contributed by atoms with Gasteiger partial charge in [0.25, 0.3) is 0 Å². The standard InChI is InChI=1S/C15H19NO3/c1-16(9-14(18)10-17)13-5-3-12-8-15(19-2)6-4-11(12)7-13/h3-8,14,17-18H,9-10H2,1-2H3. The molecule has 0 saturated carbocycles. The van der Waals surface area contributed by atoms with E-state index in [1.165, 1.54) is 0 Å². The average molecular weight is 261 g/mol. The maximum absolute atomic E-state index is 9.46. The average Bonchev–Trinajstić information content (AvgIpc) is 2.45. The molecule has 2 N–H and O–H groups in total. The molecule has 0 bridgehead atoms. The van der Waals surface area contributed by atoms with Crippen molar-refractivity contribution in [2.45, 2.75) is 6.10 Å². The molecule has 2 aromatic carbocycles. The van der Waals surface area contributed by atoms with E-state index in [9.17, 15) is 5.11 Å². The van der Waals surface area contributed by atoms with Crippen LogP contribution in [0.2, 0.25) is 0 Å². The predicted octanol–water partition coefficient (Wildman–Crippen LogP) is 1.64. The van der Waals surface area contributed by atoms with E-state index in [-0.39, 0.29) is 6.61 Å². The van der Waals surface area contributed by atoms with Gasteiger partial charge in [-0.2, -0.15) is 0 Å². The third kappa shape index (κ3) is 3.16. The van der Waals surface area contributed by atoms with E-state index in [1.807, 2.05) is 42.3 Å². The summed E-state index contributed by atoms with van der Waals surface area (Å²) in [4.78, 5) is 1.92. The minimum Gasteiger partial charge on any atom is -0.497 e. The van der Waals surface area contributed by atoms with E-state index in [0.717, 1.165) is 22.2 Å². The number of hydrogen-bond donors (Lipinski definition) is 2. The Morgan fingerprint density at radius 2 is 1.84 bits per heavy atom. The molecule has 19 heavy (non-hydrogen) atoms. The minimum atomic E-state index is -0.725. The monoisotopic (exact) mass is 261 g/mol. The molecule has 0 radical (unpaired) electrons. The van der Waals surface area contributed by atoms with Crippen molar-refractivity contribution in [3.8, 4) is 5.75 Å². The van der Waals surface area contributed by atoms with Gasteiger partial charge in [0.2, 0.25) is 0 Å². The smallest absolute Gasteiger partial charge is 0.119 e. The molecule has 4 heteroatoms. The number of aliphatic hydroxyl groups is 2. The van der Waals surface area contributed by atoms with Gasteiger partial charge >= 0.3 is 0 Å². The van der Waals surface area contributed by atoms with Crippen LogP contribution in [0.4, 0.5) is 5.69 Å². The summed E-state index contributed by atoms with van der Waals surface area (Å²) in [6, 6.07) is 12.0. The molecule has 0 aliphatic heterocycles. The number of nitrogens with zero attached hydrogens (tertiary/aromatic N) is 1. The minimum absolute atomic E-state index is 0.227. The molecule has 4 nitrogen and oxygen atoms in total. The molecule has 0 spiro atoms. The molecule has 1 unspecified atom stereocenters. The Morgan fingerprint density at radius 3 is 2.53 bits per heavy atom. The third-order valence-electron chi connectivity index (χ3n) is 3.17. The summed E-state index contributed by atoms with van der Waals surface area (Å²) in [7, 11) is 3.54. The molecular formula is C15H19NO3. The van der Waals surface area contributed by atoms with Crippen LogP contribution in [0.5, 0.6) is 5.75 Å². The van der Waals surface area contributed by atoms with Gasteiger partial charge in [-0.25, -0.2) is 0 Å². The van der Waals surface area contributed by atoms with E-state index in [0.29, 0.717) is 6.54 Å². The third-order valence-corrected chi connectivity index (χ3v) is 3.17. The van der Waals surface area contributed by atoms with Crippen LogP contribution in [0.25, 0.3) is 10.8 Å². The topological polar surface area (TPSA) is 52.9 Å². The van der Waals surface area contributed by atoms with E-state index >= 15 is 0 Å². The fourth-order valence-corrected chi connectivity index (χ4v) is 2.05. The molecule has 0 fully saturated rings. The van der Waals surface area contributed by atoms with Crippen molar-refractivity contribution in [2.24, 2.45) is 0 Å². The second-order valence-corrected chi connectivity index (χ2v) is 4.61. The quantitative estimate of drug-likeness (QED) is 0.859. The summed E-state index contributed by atoms with van der Waals surface area (Å²) >= 11 is 0. The van der Waals surface area contributed by atoms with Crippen molar-refractivity contribution >= 4 is 16.5 Å². The van der Waals surface area contributed by atoms with Crippen LogP contribution in [-0.2, 0) is 0 Å². The molecule has 0 aliphatic carbocycles. The van der Waals surface area contributed by atoms with E-state index in [2.05, 4.69) is 6.07 Å². The number of ether oxygens (including phenoxy) is 1. The molecule has 0 aliphatic rings. The van der Waals surface area contributed by atoms with Gasteiger partial charge in [0.1, 0.15) is 5.75 Å². The maximum Gasteiger partial charge on any atom is 0.119 e. The first-order valence-corrected chi connectivity index (χ1v) is 6.22. The highest BCUT2D eigenvalue weighted by Gasteiger charge is 2.08. The fourth-order valence-electron chi connectivity index (χ4n) is 2.05. The Kier molecular flexibility index (Phi) is 4.24. The molecular weight excluding hydrogens is 242 g/mol. The Hall–Kier alpha value is -1.78. The van der Waals surface area contributed by atoms with Crippen LogP contribution in [0.15, 0.2) is 36.4 Å². The van der Waals surface area contributed by atoms with Gasteiger partial charge in [-0.1, -0.05) is 12.1 Å². The fraction of sp³-hybridized carbons (Fsp3) is 0.333. The first kappa shape index (κ1) is 13.6. The maximum atomic E-state index is 9.46. The van der Waals surface area contributed by atoms with Gasteiger partial charge in [0, 0.05) is 19.3 Å². The Balaban J connectivity index is 2.26. The van der Waals surface area contributed by atoms with Crippen LogP contribution in [0.3, 0.4) is 0 Å². The first-order chi connectivity index (χ1) is 9.13. The Labute approximate surface area is 112 Å². The van der Waals surface area contributed by atoms with Crippen molar-refractivity contribution in [3.05, 3.63) is 36.4 Å². The molecule has 2 aromatic rings. The number of methoxy groups -OCH3 is 1. The molecule has 0 amide bonds. The molecule has 0 heterocycles. The predicted molar refractivity (Wildman–Crippen MR) is 76.9 cm³/mol. The van der Waals surface area contributed by atoms with Gasteiger partial charge in [-0.3, -0.25) is 0 Å². The number of benzene rings is 2. The summed E-state index contributed by atoms with van der Waals surface area (Å²) in [5, 5.41) is 20.6. The highest BCUT2D eigenvalue weighted by molar-refractivity contribution is 5.87. The molecule has 2 rings (SSSR count). The zero-order valence-electron chi connectivity index (χ0n) is 11.2. The Bertz CT molecular complexity index is 556. The number of hydrogen-bond acceptors (Lipinski definition) is 4. The lowest BCUT2D eigenvalue weighted by atomic mass is 10.1. The second kappa shape index (κ2) is 5.91. The van der Waals surface area contributed by atoms with E-state index in [1.54, 1.807) is 7.11 Å². The van der Waals surface area contributed by atoms with Crippen molar-refractivity contribution in [1.82, 2.24) is 0 Å². The summed E-state index contributed by atoms with van der Waals surface area (Å²) in [5.74, 6) is 0.837. The van der Waals surface area contributed by atoms with Gasteiger partial charge in [-0.15, -0.1) is 0 Å². The zero-order chi connectivity index (χ0) is 13.8. The highest BCUT2D eigenvalue weighted by Crippen LogP contribution is 2.25.